The van der Waals surface area contributed by atoms with Gasteiger partial charge in [-0.3, -0.25) is 0 Å². The Balaban J connectivity index is 2.59. The van der Waals surface area contributed by atoms with Gasteiger partial charge in [-0.25, -0.2) is 0 Å². The molecular formula is C8H9N. The lowest BCUT2D eigenvalue weighted by Gasteiger charge is -2.21. The molecule has 2 aliphatic rings. The summed E-state index contributed by atoms with van der Waals surface area (Å²) in [6, 6.07) is 9.06. The Morgan fingerprint density at radius 3 is 2.11 bits per heavy atom. The van der Waals surface area contributed by atoms with E-state index in [4.69, 9.17) is 0 Å². The SMILES string of the molecule is CC1Nc2ccc1cc2. The molecule has 1 unspecified atom stereocenters. The van der Waals surface area contributed by atoms with Crippen molar-refractivity contribution >= 4 is 5.69 Å². The van der Waals surface area contributed by atoms with Gasteiger partial charge in [-0.2, -0.15) is 0 Å². The van der Waals surface area contributed by atoms with Crippen LogP contribution in [-0.4, -0.2) is 0 Å². The lowest BCUT2D eigenvalue weighted by Crippen LogP contribution is -2.10. The number of benzene rings is 1. The molecule has 0 saturated heterocycles. The minimum absolute atomic E-state index is 0.523. The summed E-state index contributed by atoms with van der Waals surface area (Å²) in [6.07, 6.45) is 0. The molecule has 1 heteroatoms. The quantitative estimate of drug-likeness (QED) is 0.552. The van der Waals surface area contributed by atoms with Gasteiger partial charge in [0, 0.05) is 11.7 Å². The van der Waals surface area contributed by atoms with E-state index in [9.17, 15) is 0 Å². The first-order valence-corrected chi connectivity index (χ1v) is 3.23. The van der Waals surface area contributed by atoms with Crippen LogP contribution in [0, 0.1) is 0 Å². The molecule has 0 aliphatic carbocycles. The summed E-state index contributed by atoms with van der Waals surface area (Å²) in [5.41, 5.74) is 2.61. The summed E-state index contributed by atoms with van der Waals surface area (Å²) in [4.78, 5) is 0. The molecule has 9 heavy (non-hydrogen) atoms. The minimum Gasteiger partial charge on any atom is -0.379 e. The Morgan fingerprint density at radius 2 is 1.89 bits per heavy atom. The van der Waals surface area contributed by atoms with Crippen LogP contribution in [-0.2, 0) is 0 Å². The highest BCUT2D eigenvalue weighted by Gasteiger charge is 2.09. The third-order valence-corrected chi connectivity index (χ3v) is 1.79. The Hall–Kier alpha value is -0.980. The normalized spacial score (nSPS) is 21.7. The molecule has 3 rings (SSSR count). The molecule has 0 spiro atoms. The maximum Gasteiger partial charge on any atom is 0.0485 e. The molecule has 1 N–H and O–H groups in total. The lowest BCUT2D eigenvalue weighted by atomic mass is 10.0. The molecule has 0 fully saturated rings. The molecule has 0 aromatic heterocycles. The molecule has 1 nitrogen and oxygen atoms in total. The molecule has 2 bridgehead atoms. The Kier molecular flexibility index (Phi) is 0.810. The number of fused-ring (bicyclic) bond motifs is 3. The van der Waals surface area contributed by atoms with E-state index in [0.29, 0.717) is 6.04 Å². The highest BCUT2D eigenvalue weighted by Crippen LogP contribution is 2.25. The highest BCUT2D eigenvalue weighted by molar-refractivity contribution is 5.51. The first kappa shape index (κ1) is 4.86. The summed E-state index contributed by atoms with van der Waals surface area (Å²) in [6.45, 7) is 2.17. The van der Waals surface area contributed by atoms with Crippen LogP contribution in [0.1, 0.15) is 18.5 Å². The molecular weight excluding hydrogens is 110 g/mol. The fourth-order valence-electron chi connectivity index (χ4n) is 1.20. The van der Waals surface area contributed by atoms with Crippen molar-refractivity contribution in [2.24, 2.45) is 0 Å². The first-order chi connectivity index (χ1) is 4.36. The molecule has 0 radical (unpaired) electrons. The van der Waals surface area contributed by atoms with Crippen molar-refractivity contribution < 1.29 is 0 Å². The van der Waals surface area contributed by atoms with Crippen molar-refractivity contribution in [1.82, 2.24) is 0 Å². The van der Waals surface area contributed by atoms with Crippen molar-refractivity contribution in [3.8, 4) is 0 Å². The van der Waals surface area contributed by atoms with Crippen LogP contribution in [0.4, 0.5) is 5.69 Å². The molecule has 2 aliphatic heterocycles. The summed E-state index contributed by atoms with van der Waals surface area (Å²) in [5.74, 6) is 0. The zero-order valence-electron chi connectivity index (χ0n) is 5.39. The summed E-state index contributed by atoms with van der Waals surface area (Å²) < 4.78 is 0. The van der Waals surface area contributed by atoms with Crippen molar-refractivity contribution in [1.29, 1.82) is 0 Å². The average Bonchev–Trinajstić information content (AvgIpc) is 1.90. The van der Waals surface area contributed by atoms with Crippen molar-refractivity contribution in [2.45, 2.75) is 13.0 Å². The van der Waals surface area contributed by atoms with E-state index in [2.05, 4.69) is 36.5 Å². The number of hydrogen-bond acceptors (Lipinski definition) is 1. The van der Waals surface area contributed by atoms with Crippen LogP contribution in [0.2, 0.25) is 0 Å². The third kappa shape index (κ3) is 0.611. The third-order valence-electron chi connectivity index (χ3n) is 1.79. The molecule has 46 valence electrons. The van der Waals surface area contributed by atoms with Gasteiger partial charge in [-0.1, -0.05) is 12.1 Å². The van der Waals surface area contributed by atoms with E-state index >= 15 is 0 Å². The van der Waals surface area contributed by atoms with Gasteiger partial charge < -0.3 is 5.32 Å². The van der Waals surface area contributed by atoms with Gasteiger partial charge in [0.25, 0.3) is 0 Å². The van der Waals surface area contributed by atoms with Crippen LogP contribution in [0.5, 0.6) is 0 Å². The van der Waals surface area contributed by atoms with Crippen LogP contribution >= 0.6 is 0 Å². The van der Waals surface area contributed by atoms with E-state index in [-0.39, 0.29) is 0 Å². The maximum absolute atomic E-state index is 3.32. The Bertz CT molecular complexity index is 213. The van der Waals surface area contributed by atoms with E-state index in [1.54, 1.807) is 0 Å². The van der Waals surface area contributed by atoms with Gasteiger partial charge in [0.2, 0.25) is 0 Å². The van der Waals surface area contributed by atoms with Gasteiger partial charge in [0.15, 0.2) is 0 Å². The molecule has 0 saturated carbocycles. The van der Waals surface area contributed by atoms with Crippen molar-refractivity contribution in [3.63, 3.8) is 0 Å². The summed E-state index contributed by atoms with van der Waals surface area (Å²) in [5, 5.41) is 3.32. The van der Waals surface area contributed by atoms with Crippen molar-refractivity contribution in [3.05, 3.63) is 29.8 Å². The van der Waals surface area contributed by atoms with Gasteiger partial charge >= 0.3 is 0 Å². The fourth-order valence-corrected chi connectivity index (χ4v) is 1.20. The van der Waals surface area contributed by atoms with Crippen molar-refractivity contribution in [2.75, 3.05) is 5.32 Å². The second kappa shape index (κ2) is 1.50. The second-order valence-corrected chi connectivity index (χ2v) is 2.49. The van der Waals surface area contributed by atoms with E-state index in [1.807, 2.05) is 0 Å². The number of rotatable bonds is 0. The minimum atomic E-state index is 0.523. The van der Waals surface area contributed by atoms with Crippen LogP contribution in [0.3, 0.4) is 0 Å². The average molecular weight is 119 g/mol. The summed E-state index contributed by atoms with van der Waals surface area (Å²) in [7, 11) is 0. The van der Waals surface area contributed by atoms with Crippen LogP contribution < -0.4 is 5.32 Å². The highest BCUT2D eigenvalue weighted by atomic mass is 14.9. The zero-order chi connectivity index (χ0) is 6.27. The molecule has 1 aromatic carbocycles. The maximum atomic E-state index is 3.32. The van der Waals surface area contributed by atoms with E-state index in [0.717, 1.165) is 0 Å². The Morgan fingerprint density at radius 1 is 1.22 bits per heavy atom. The summed E-state index contributed by atoms with van der Waals surface area (Å²) >= 11 is 0. The topological polar surface area (TPSA) is 12.0 Å². The largest absolute Gasteiger partial charge is 0.379 e. The first-order valence-electron chi connectivity index (χ1n) is 3.23. The molecule has 0 amide bonds. The lowest BCUT2D eigenvalue weighted by molar-refractivity contribution is 0.865. The predicted molar refractivity (Wildman–Crippen MR) is 38.5 cm³/mol. The number of anilines is 1. The molecule has 1 atom stereocenters. The van der Waals surface area contributed by atoms with Crippen LogP contribution in [0.15, 0.2) is 24.3 Å². The van der Waals surface area contributed by atoms with Gasteiger partial charge in [-0.05, 0) is 24.6 Å². The monoisotopic (exact) mass is 119 g/mol. The van der Waals surface area contributed by atoms with Gasteiger partial charge in [0.1, 0.15) is 0 Å². The Labute approximate surface area is 54.7 Å². The second-order valence-electron chi connectivity index (χ2n) is 2.49. The fraction of sp³-hybridized carbons (Fsp3) is 0.250. The molecule has 2 heterocycles. The zero-order valence-corrected chi connectivity index (χ0v) is 5.39. The standard InChI is InChI=1S/C8H9N/c1-6-7-2-4-8(9-6)5-3-7/h2-6,9H,1H3. The smallest absolute Gasteiger partial charge is 0.0485 e. The number of hydrogen-bond donors (Lipinski definition) is 1. The van der Waals surface area contributed by atoms with E-state index in [1.165, 1.54) is 11.3 Å². The number of nitrogens with one attached hydrogen (secondary N) is 1. The van der Waals surface area contributed by atoms with Gasteiger partial charge in [0.05, 0.1) is 0 Å². The van der Waals surface area contributed by atoms with Crippen LogP contribution in [0.25, 0.3) is 0 Å². The predicted octanol–water partition coefficient (Wildman–Crippen LogP) is 2.17. The van der Waals surface area contributed by atoms with Gasteiger partial charge in [-0.15, -0.1) is 0 Å². The van der Waals surface area contributed by atoms with E-state index < -0.39 is 0 Å². The molecule has 1 aromatic rings.